The van der Waals surface area contributed by atoms with E-state index in [1.165, 1.54) is 12.8 Å². The summed E-state index contributed by atoms with van der Waals surface area (Å²) in [5.41, 5.74) is 0. The van der Waals surface area contributed by atoms with E-state index in [2.05, 4.69) is 13.0 Å². The lowest BCUT2D eigenvalue weighted by molar-refractivity contribution is -0.873. The first kappa shape index (κ1) is 24.1. The number of carboxylic acids is 1. The van der Waals surface area contributed by atoms with Crippen LogP contribution in [-0.2, 0) is 14.3 Å². The Morgan fingerprint density at radius 2 is 1.58 bits per heavy atom. The number of quaternary nitrogens is 1. The van der Waals surface area contributed by atoms with Crippen molar-refractivity contribution in [3.8, 4) is 0 Å². The largest absolute Gasteiger partial charge is 0.481 e. The minimum atomic E-state index is -0.949. The molecule has 0 saturated carbocycles. The maximum Gasteiger partial charge on any atom is 0.307 e. The Morgan fingerprint density at radius 3 is 2.08 bits per heavy atom. The first-order valence-electron chi connectivity index (χ1n) is 9.44. The lowest BCUT2D eigenvalue weighted by atomic mass is 10.2. The van der Waals surface area contributed by atoms with Gasteiger partial charge in [0.1, 0.15) is 6.54 Å². The molecule has 0 radical (unpaired) electrons. The molecule has 0 aromatic carbocycles. The smallest absolute Gasteiger partial charge is 0.307 e. The average Bonchev–Trinajstić information content (AvgIpc) is 2.50. The molecule has 26 heavy (non-hydrogen) atoms. The highest BCUT2D eigenvalue weighted by atomic mass is 16.5. The summed E-state index contributed by atoms with van der Waals surface area (Å²) in [6.07, 6.45) is 16.8. The molecule has 5 nitrogen and oxygen atoms in total. The van der Waals surface area contributed by atoms with Crippen molar-refractivity contribution in [2.75, 3.05) is 27.7 Å². The third kappa shape index (κ3) is 17.0. The molecule has 1 unspecified atom stereocenters. The van der Waals surface area contributed by atoms with Gasteiger partial charge in [0.25, 0.3) is 0 Å². The summed E-state index contributed by atoms with van der Waals surface area (Å²) in [5, 5.41) is 8.95. The Bertz CT molecular complexity index is 487. The molecule has 0 aromatic heterocycles. The molecule has 0 aromatic rings. The molecule has 0 aliphatic heterocycles. The topological polar surface area (TPSA) is 63.6 Å². The summed E-state index contributed by atoms with van der Waals surface area (Å²) in [6.45, 7) is 2.66. The predicted molar refractivity (Wildman–Crippen MR) is 106 cm³/mol. The quantitative estimate of drug-likeness (QED) is 0.217. The number of hydrogen-bond donors (Lipinski definition) is 1. The van der Waals surface area contributed by atoms with E-state index in [-0.39, 0.29) is 12.4 Å². The summed E-state index contributed by atoms with van der Waals surface area (Å²) in [7, 11) is 5.83. The van der Waals surface area contributed by atoms with E-state index in [4.69, 9.17) is 9.84 Å². The van der Waals surface area contributed by atoms with Crippen molar-refractivity contribution in [1.29, 1.82) is 0 Å². The Labute approximate surface area is 158 Å². The molecule has 0 bridgehead atoms. The molecule has 0 aliphatic carbocycles. The number of carboxylic acid groups (broad SMARTS) is 1. The first-order chi connectivity index (χ1) is 12.2. The zero-order valence-electron chi connectivity index (χ0n) is 16.8. The number of nitrogens with zero attached hydrogens (tertiary/aromatic N) is 1. The Hall–Kier alpha value is -1.88. The molecule has 0 saturated heterocycles. The van der Waals surface area contributed by atoms with Crippen LogP contribution in [0, 0.1) is 0 Å². The van der Waals surface area contributed by atoms with Gasteiger partial charge in [-0.3, -0.25) is 9.59 Å². The molecule has 0 spiro atoms. The van der Waals surface area contributed by atoms with E-state index in [1.54, 1.807) is 0 Å². The number of hydrogen-bond acceptors (Lipinski definition) is 3. The number of rotatable bonds is 14. The summed E-state index contributed by atoms with van der Waals surface area (Å²) in [5.74, 6) is -1.28. The van der Waals surface area contributed by atoms with Crippen molar-refractivity contribution >= 4 is 11.9 Å². The maximum absolute atomic E-state index is 11.9. The van der Waals surface area contributed by atoms with E-state index < -0.39 is 12.1 Å². The second-order valence-corrected chi connectivity index (χ2v) is 7.46. The summed E-state index contributed by atoms with van der Waals surface area (Å²) in [4.78, 5) is 22.8. The van der Waals surface area contributed by atoms with Crippen LogP contribution in [-0.4, -0.2) is 55.3 Å². The van der Waals surface area contributed by atoms with E-state index in [0.717, 1.165) is 12.8 Å². The van der Waals surface area contributed by atoms with Gasteiger partial charge in [-0.25, -0.2) is 0 Å². The Balaban J connectivity index is 4.04. The SMILES string of the molecule is CCCC/C=C/C=C/C=C/CCCC(=O)OC(CC(=O)O)C[N+](C)(C)C. The molecule has 148 valence electrons. The number of unbranched alkanes of at least 4 members (excludes halogenated alkanes) is 3. The van der Waals surface area contributed by atoms with Crippen LogP contribution < -0.4 is 0 Å². The fraction of sp³-hybridized carbons (Fsp3) is 0.619. The van der Waals surface area contributed by atoms with Gasteiger partial charge in [-0.1, -0.05) is 56.2 Å². The molecule has 1 atom stereocenters. The first-order valence-corrected chi connectivity index (χ1v) is 9.44. The number of allylic oxidation sites excluding steroid dienone is 6. The van der Waals surface area contributed by atoms with Gasteiger partial charge in [-0.2, -0.15) is 0 Å². The van der Waals surface area contributed by atoms with Crippen LogP contribution in [0.4, 0.5) is 0 Å². The summed E-state index contributed by atoms with van der Waals surface area (Å²) < 4.78 is 5.90. The zero-order chi connectivity index (χ0) is 19.8. The second kappa shape index (κ2) is 14.3. The summed E-state index contributed by atoms with van der Waals surface area (Å²) in [6, 6.07) is 0. The van der Waals surface area contributed by atoms with Gasteiger partial charge >= 0.3 is 11.9 Å². The highest BCUT2D eigenvalue weighted by Gasteiger charge is 2.24. The van der Waals surface area contributed by atoms with Crippen LogP contribution in [0.15, 0.2) is 36.5 Å². The molecule has 0 amide bonds. The van der Waals surface area contributed by atoms with Crippen molar-refractivity contribution in [3.63, 3.8) is 0 Å². The van der Waals surface area contributed by atoms with E-state index in [1.807, 2.05) is 51.5 Å². The number of carbonyl (C=O) groups is 2. The van der Waals surface area contributed by atoms with Gasteiger partial charge < -0.3 is 14.3 Å². The lowest BCUT2D eigenvalue weighted by Crippen LogP contribution is -2.43. The number of carbonyl (C=O) groups excluding carboxylic acids is 1. The molecule has 0 aliphatic rings. The van der Waals surface area contributed by atoms with Crippen molar-refractivity contribution in [1.82, 2.24) is 0 Å². The van der Waals surface area contributed by atoms with E-state index in [9.17, 15) is 9.59 Å². The highest BCUT2D eigenvalue weighted by Crippen LogP contribution is 2.08. The normalized spacial score (nSPS) is 13.7. The van der Waals surface area contributed by atoms with Crippen molar-refractivity contribution in [2.45, 2.75) is 58.0 Å². The molecule has 0 fully saturated rings. The predicted octanol–water partition coefficient (Wildman–Crippen LogP) is 4.11. The van der Waals surface area contributed by atoms with Crippen LogP contribution in [0.1, 0.15) is 51.9 Å². The molecule has 0 rings (SSSR count). The number of likely N-dealkylation sites (N-methyl/N-ethyl adjacent to an activating group) is 1. The lowest BCUT2D eigenvalue weighted by Gasteiger charge is -2.28. The van der Waals surface area contributed by atoms with Crippen molar-refractivity contribution in [2.24, 2.45) is 0 Å². The van der Waals surface area contributed by atoms with Crippen LogP contribution >= 0.6 is 0 Å². The highest BCUT2D eigenvalue weighted by molar-refractivity contribution is 5.71. The fourth-order valence-corrected chi connectivity index (χ4v) is 2.36. The van der Waals surface area contributed by atoms with Gasteiger partial charge in [0.2, 0.25) is 0 Å². The monoisotopic (exact) mass is 366 g/mol. The third-order valence-corrected chi connectivity index (χ3v) is 3.53. The molecule has 0 heterocycles. The standard InChI is InChI=1S/C21H35NO4/c1-5-6-7-8-9-10-11-12-13-14-15-16-21(25)26-19(17-20(23)24)18-22(2,3)4/h8-13,19H,5-7,14-18H2,1-4H3/p+1/b9-8+,11-10+,13-12+. The summed E-state index contributed by atoms with van der Waals surface area (Å²) >= 11 is 0. The van der Waals surface area contributed by atoms with Crippen LogP contribution in [0.2, 0.25) is 0 Å². The van der Waals surface area contributed by atoms with E-state index in [0.29, 0.717) is 23.9 Å². The Kier molecular flexibility index (Phi) is 13.3. The molecule has 1 N–H and O–H groups in total. The number of aliphatic carboxylic acids is 1. The van der Waals surface area contributed by atoms with Gasteiger partial charge in [-0.15, -0.1) is 0 Å². The van der Waals surface area contributed by atoms with Crippen molar-refractivity contribution in [3.05, 3.63) is 36.5 Å². The molecular weight excluding hydrogens is 330 g/mol. The maximum atomic E-state index is 11.9. The third-order valence-electron chi connectivity index (χ3n) is 3.53. The second-order valence-electron chi connectivity index (χ2n) is 7.46. The average molecular weight is 367 g/mol. The fourth-order valence-electron chi connectivity index (χ4n) is 2.36. The van der Waals surface area contributed by atoms with Gasteiger partial charge in [-0.05, 0) is 19.3 Å². The Morgan fingerprint density at radius 1 is 1.00 bits per heavy atom. The number of ether oxygens (including phenoxy) is 1. The van der Waals surface area contributed by atoms with Crippen molar-refractivity contribution < 1.29 is 23.9 Å². The minimum Gasteiger partial charge on any atom is -0.481 e. The molecule has 5 heteroatoms. The van der Waals surface area contributed by atoms with E-state index >= 15 is 0 Å². The molecular formula is C21H36NO4+. The minimum absolute atomic E-state index is 0.155. The van der Waals surface area contributed by atoms with Gasteiger partial charge in [0.05, 0.1) is 27.6 Å². The van der Waals surface area contributed by atoms with Crippen LogP contribution in [0.5, 0.6) is 0 Å². The van der Waals surface area contributed by atoms with Gasteiger partial charge in [0, 0.05) is 6.42 Å². The zero-order valence-corrected chi connectivity index (χ0v) is 16.8. The van der Waals surface area contributed by atoms with Crippen LogP contribution in [0.25, 0.3) is 0 Å². The number of esters is 1. The van der Waals surface area contributed by atoms with Crippen LogP contribution in [0.3, 0.4) is 0 Å². The van der Waals surface area contributed by atoms with Gasteiger partial charge in [0.15, 0.2) is 6.10 Å².